The van der Waals surface area contributed by atoms with Gasteiger partial charge in [-0.3, -0.25) is 0 Å². The molecule has 0 N–H and O–H groups in total. The fraction of sp³-hybridized carbons (Fsp3) is 0.118. The van der Waals surface area contributed by atoms with Crippen molar-refractivity contribution in [1.82, 2.24) is 0 Å². The Hall–Kier alpha value is -3.32. The van der Waals surface area contributed by atoms with E-state index in [1.165, 1.54) is 33.4 Å². The molecule has 0 aliphatic heterocycles. The van der Waals surface area contributed by atoms with Gasteiger partial charge in [0.2, 0.25) is 0 Å². The molecule has 0 radical (unpaired) electrons. The Labute approximate surface area is 225 Å². The summed E-state index contributed by atoms with van der Waals surface area (Å²) in [6.07, 6.45) is 0. The van der Waals surface area contributed by atoms with Gasteiger partial charge in [-0.1, -0.05) is 131 Å². The number of hydrogen-bond donors (Lipinski definition) is 0. The Morgan fingerprint density at radius 1 is 0.333 bits per heavy atom. The van der Waals surface area contributed by atoms with Crippen LogP contribution in [0.25, 0.3) is 33.4 Å². The van der Waals surface area contributed by atoms with Gasteiger partial charge in [-0.25, -0.2) is 0 Å². The first kappa shape index (κ1) is 25.8. The standard InChI is InChI=1S/C20H18.C14H12Cl2/c1-15-3-7-17(8-4-15)19-11-13-20(14-12-19)18-9-5-16(2)6-10-18;1-9-3-5-11(7-13(9)15)12-6-4-10(2)14(16)8-12/h3-14H,1-2H3;3-8H,1-2H3. The number of aryl methyl sites for hydroxylation is 4. The van der Waals surface area contributed by atoms with Crippen LogP contribution in [0.5, 0.6) is 0 Å². The molecule has 36 heavy (non-hydrogen) atoms. The zero-order valence-corrected chi connectivity index (χ0v) is 22.7. The van der Waals surface area contributed by atoms with Crippen LogP contribution in [0.15, 0.2) is 109 Å². The lowest BCUT2D eigenvalue weighted by Gasteiger charge is -2.06. The average molecular weight is 510 g/mol. The van der Waals surface area contributed by atoms with Gasteiger partial charge in [0, 0.05) is 10.0 Å². The lowest BCUT2D eigenvalue weighted by molar-refractivity contribution is 1.44. The molecule has 0 saturated heterocycles. The maximum absolute atomic E-state index is 6.10. The van der Waals surface area contributed by atoms with E-state index in [1.807, 2.05) is 38.1 Å². The monoisotopic (exact) mass is 508 g/mol. The number of rotatable bonds is 3. The molecule has 0 fully saturated rings. The molecule has 0 heterocycles. The van der Waals surface area contributed by atoms with Gasteiger partial charge in [-0.2, -0.15) is 0 Å². The molecule has 0 bridgehead atoms. The van der Waals surface area contributed by atoms with Crippen molar-refractivity contribution in [2.45, 2.75) is 27.7 Å². The van der Waals surface area contributed by atoms with Crippen molar-refractivity contribution in [3.8, 4) is 33.4 Å². The maximum atomic E-state index is 6.10. The Morgan fingerprint density at radius 2 is 0.583 bits per heavy atom. The maximum Gasteiger partial charge on any atom is 0.0441 e. The lowest BCUT2D eigenvalue weighted by Crippen LogP contribution is -1.82. The molecule has 5 aromatic rings. The molecule has 0 aliphatic carbocycles. The van der Waals surface area contributed by atoms with Gasteiger partial charge in [-0.15, -0.1) is 0 Å². The molecule has 0 atom stereocenters. The van der Waals surface area contributed by atoms with Crippen LogP contribution in [-0.2, 0) is 0 Å². The van der Waals surface area contributed by atoms with E-state index < -0.39 is 0 Å². The second-order valence-corrected chi connectivity index (χ2v) is 10.1. The summed E-state index contributed by atoms with van der Waals surface area (Å²) in [4.78, 5) is 0. The third kappa shape index (κ3) is 6.46. The highest BCUT2D eigenvalue weighted by Gasteiger charge is 2.03. The first-order chi connectivity index (χ1) is 17.3. The highest BCUT2D eigenvalue weighted by Crippen LogP contribution is 2.29. The Kier molecular flexibility index (Phi) is 8.31. The van der Waals surface area contributed by atoms with Crippen LogP contribution < -0.4 is 0 Å². The van der Waals surface area contributed by atoms with Crippen LogP contribution in [0.4, 0.5) is 0 Å². The molecule has 180 valence electrons. The van der Waals surface area contributed by atoms with Gasteiger partial charge in [0.15, 0.2) is 0 Å². The normalized spacial score (nSPS) is 10.5. The first-order valence-corrected chi connectivity index (χ1v) is 12.8. The molecule has 0 aliphatic rings. The SMILES string of the molecule is Cc1ccc(-c2ccc(-c3ccc(C)cc3)cc2)cc1.Cc1ccc(-c2ccc(C)c(Cl)c2)cc1Cl. The molecule has 2 heteroatoms. The van der Waals surface area contributed by atoms with Crippen molar-refractivity contribution in [2.75, 3.05) is 0 Å². The third-order valence-corrected chi connectivity index (χ3v) is 7.15. The summed E-state index contributed by atoms with van der Waals surface area (Å²) in [7, 11) is 0. The number of benzene rings is 5. The van der Waals surface area contributed by atoms with E-state index >= 15 is 0 Å². The minimum Gasteiger partial charge on any atom is -0.0840 e. The summed E-state index contributed by atoms with van der Waals surface area (Å²) < 4.78 is 0. The van der Waals surface area contributed by atoms with Crippen molar-refractivity contribution in [3.05, 3.63) is 141 Å². The number of halogens is 2. The summed E-state index contributed by atoms with van der Waals surface area (Å²) in [5.41, 5.74) is 12.0. The molecule has 0 aromatic heterocycles. The molecule has 0 nitrogen and oxygen atoms in total. The van der Waals surface area contributed by atoms with Crippen LogP contribution in [0.1, 0.15) is 22.3 Å². The molecule has 0 saturated carbocycles. The van der Waals surface area contributed by atoms with Crippen molar-refractivity contribution >= 4 is 23.2 Å². The van der Waals surface area contributed by atoms with Crippen molar-refractivity contribution in [3.63, 3.8) is 0 Å². The zero-order valence-electron chi connectivity index (χ0n) is 21.1. The highest BCUT2D eigenvalue weighted by molar-refractivity contribution is 6.32. The van der Waals surface area contributed by atoms with E-state index in [-0.39, 0.29) is 0 Å². The first-order valence-electron chi connectivity index (χ1n) is 12.1. The molecular weight excluding hydrogens is 479 g/mol. The van der Waals surface area contributed by atoms with Crippen LogP contribution in [0, 0.1) is 27.7 Å². The Bertz CT molecular complexity index is 1330. The van der Waals surface area contributed by atoms with E-state index in [0.717, 1.165) is 32.3 Å². The van der Waals surface area contributed by atoms with E-state index in [4.69, 9.17) is 23.2 Å². The van der Waals surface area contributed by atoms with Gasteiger partial charge >= 0.3 is 0 Å². The topological polar surface area (TPSA) is 0 Å². The second-order valence-electron chi connectivity index (χ2n) is 9.24. The Balaban J connectivity index is 0.000000174. The van der Waals surface area contributed by atoms with Crippen LogP contribution in [0.2, 0.25) is 10.0 Å². The van der Waals surface area contributed by atoms with E-state index in [9.17, 15) is 0 Å². The van der Waals surface area contributed by atoms with E-state index in [0.29, 0.717) is 0 Å². The molecule has 5 rings (SSSR count). The van der Waals surface area contributed by atoms with Gasteiger partial charge in [-0.05, 0) is 84.3 Å². The van der Waals surface area contributed by atoms with Gasteiger partial charge in [0.05, 0.1) is 0 Å². The van der Waals surface area contributed by atoms with Crippen molar-refractivity contribution in [1.29, 1.82) is 0 Å². The average Bonchev–Trinajstić information content (AvgIpc) is 2.89. The summed E-state index contributed by atoms with van der Waals surface area (Å²) in [5.74, 6) is 0. The lowest BCUT2D eigenvalue weighted by atomic mass is 9.99. The summed E-state index contributed by atoms with van der Waals surface area (Å²) in [5, 5.41) is 1.57. The molecule has 5 aromatic carbocycles. The van der Waals surface area contributed by atoms with Crippen molar-refractivity contribution < 1.29 is 0 Å². The molecule has 0 amide bonds. The Morgan fingerprint density at radius 3 is 0.861 bits per heavy atom. The number of hydrogen-bond acceptors (Lipinski definition) is 0. The van der Waals surface area contributed by atoms with Gasteiger partial charge in [0.25, 0.3) is 0 Å². The highest BCUT2D eigenvalue weighted by atomic mass is 35.5. The predicted octanol–water partition coefficient (Wildman–Crippen LogP) is 10.9. The summed E-state index contributed by atoms with van der Waals surface area (Å²) in [6, 6.07) is 38.2. The molecular formula is C34H30Cl2. The van der Waals surface area contributed by atoms with Gasteiger partial charge < -0.3 is 0 Å². The summed E-state index contributed by atoms with van der Waals surface area (Å²) >= 11 is 12.2. The van der Waals surface area contributed by atoms with Crippen LogP contribution in [0.3, 0.4) is 0 Å². The third-order valence-electron chi connectivity index (χ3n) is 6.33. The zero-order chi connectivity index (χ0) is 25.7. The fourth-order valence-corrected chi connectivity index (χ4v) is 4.25. The molecule has 0 spiro atoms. The van der Waals surface area contributed by atoms with Crippen LogP contribution in [-0.4, -0.2) is 0 Å². The van der Waals surface area contributed by atoms with Gasteiger partial charge in [0.1, 0.15) is 0 Å². The van der Waals surface area contributed by atoms with Crippen molar-refractivity contribution in [2.24, 2.45) is 0 Å². The predicted molar refractivity (Wildman–Crippen MR) is 158 cm³/mol. The van der Waals surface area contributed by atoms with Crippen LogP contribution >= 0.6 is 23.2 Å². The minimum absolute atomic E-state index is 0.786. The minimum atomic E-state index is 0.786. The fourth-order valence-electron chi connectivity index (χ4n) is 3.89. The quantitative estimate of drug-likeness (QED) is 0.227. The van der Waals surface area contributed by atoms with E-state index in [2.05, 4.69) is 98.8 Å². The smallest absolute Gasteiger partial charge is 0.0441 e. The van der Waals surface area contributed by atoms with E-state index in [1.54, 1.807) is 0 Å². The largest absolute Gasteiger partial charge is 0.0840 e. The summed E-state index contributed by atoms with van der Waals surface area (Å²) in [6.45, 7) is 8.22. The second kappa shape index (κ2) is 11.6. The molecule has 0 unspecified atom stereocenters.